The van der Waals surface area contributed by atoms with Crippen molar-refractivity contribution in [2.75, 3.05) is 0 Å². The molecule has 3 nitrogen and oxygen atoms in total. The van der Waals surface area contributed by atoms with E-state index in [2.05, 4.69) is 4.98 Å². The average molecular weight is 175 g/mol. The standard InChI is InChI=1S/C7H10N2O.ClH/c1-5-2-3-6(4-8)7(10)9-5;/h2-3H,4,8H2,1H3,(H,9,10);1H. The lowest BCUT2D eigenvalue weighted by atomic mass is 10.2. The molecule has 1 aromatic rings. The van der Waals surface area contributed by atoms with Gasteiger partial charge in [0.1, 0.15) is 0 Å². The van der Waals surface area contributed by atoms with Gasteiger partial charge in [0, 0.05) is 17.8 Å². The quantitative estimate of drug-likeness (QED) is 0.654. The Morgan fingerprint density at radius 2 is 2.18 bits per heavy atom. The van der Waals surface area contributed by atoms with E-state index < -0.39 is 0 Å². The first-order chi connectivity index (χ1) is 4.74. The minimum Gasteiger partial charge on any atom is -0.326 e. The molecule has 0 radical (unpaired) electrons. The minimum atomic E-state index is -0.0810. The molecule has 0 spiro atoms. The van der Waals surface area contributed by atoms with Crippen molar-refractivity contribution in [2.45, 2.75) is 13.5 Å². The summed E-state index contributed by atoms with van der Waals surface area (Å²) in [6.07, 6.45) is 0. The van der Waals surface area contributed by atoms with E-state index in [4.69, 9.17) is 5.73 Å². The molecule has 0 atom stereocenters. The molecule has 0 fully saturated rings. The lowest BCUT2D eigenvalue weighted by Crippen LogP contribution is -2.15. The Bertz CT molecular complexity index is 282. The Labute approximate surface area is 71.0 Å². The smallest absolute Gasteiger partial charge is 0.252 e. The van der Waals surface area contributed by atoms with Gasteiger partial charge in [0.25, 0.3) is 5.56 Å². The summed E-state index contributed by atoms with van der Waals surface area (Å²) in [4.78, 5) is 13.6. The molecule has 4 heteroatoms. The van der Waals surface area contributed by atoms with Crippen LogP contribution in [0.15, 0.2) is 16.9 Å². The van der Waals surface area contributed by atoms with Gasteiger partial charge in [-0.05, 0) is 13.0 Å². The highest BCUT2D eigenvalue weighted by atomic mass is 35.5. The third kappa shape index (κ3) is 2.37. The summed E-state index contributed by atoms with van der Waals surface area (Å²) in [5.74, 6) is 0. The lowest BCUT2D eigenvalue weighted by molar-refractivity contribution is 0.997. The van der Waals surface area contributed by atoms with E-state index in [0.29, 0.717) is 12.1 Å². The fourth-order valence-electron chi connectivity index (χ4n) is 0.763. The third-order valence-electron chi connectivity index (χ3n) is 1.36. The number of rotatable bonds is 1. The summed E-state index contributed by atoms with van der Waals surface area (Å²) in [5, 5.41) is 0. The molecular weight excluding hydrogens is 164 g/mol. The number of hydrogen-bond donors (Lipinski definition) is 2. The predicted molar refractivity (Wildman–Crippen MR) is 46.9 cm³/mol. The molecule has 0 aliphatic carbocycles. The first-order valence-corrected chi connectivity index (χ1v) is 3.13. The number of aryl methyl sites for hydroxylation is 1. The fourth-order valence-corrected chi connectivity index (χ4v) is 0.763. The van der Waals surface area contributed by atoms with Crippen LogP contribution in [-0.2, 0) is 6.54 Å². The largest absolute Gasteiger partial charge is 0.326 e. The molecule has 11 heavy (non-hydrogen) atoms. The zero-order chi connectivity index (χ0) is 7.56. The van der Waals surface area contributed by atoms with Crippen molar-refractivity contribution >= 4 is 12.4 Å². The summed E-state index contributed by atoms with van der Waals surface area (Å²) in [6.45, 7) is 2.14. The Morgan fingerprint density at radius 1 is 1.55 bits per heavy atom. The molecule has 0 aliphatic rings. The lowest BCUT2D eigenvalue weighted by Gasteiger charge is -1.94. The molecular formula is C7H11ClN2O. The van der Waals surface area contributed by atoms with Gasteiger partial charge in [0.05, 0.1) is 0 Å². The molecule has 1 heterocycles. The summed E-state index contributed by atoms with van der Waals surface area (Å²) < 4.78 is 0. The second kappa shape index (κ2) is 4.16. The fraction of sp³-hybridized carbons (Fsp3) is 0.286. The Morgan fingerprint density at radius 3 is 2.64 bits per heavy atom. The number of nitrogens with one attached hydrogen (secondary N) is 1. The molecule has 0 aromatic carbocycles. The van der Waals surface area contributed by atoms with Gasteiger partial charge < -0.3 is 10.7 Å². The van der Waals surface area contributed by atoms with E-state index >= 15 is 0 Å². The van der Waals surface area contributed by atoms with Crippen LogP contribution in [0.2, 0.25) is 0 Å². The Kier molecular flexibility index (Phi) is 3.85. The molecule has 1 aromatic heterocycles. The topological polar surface area (TPSA) is 58.9 Å². The molecule has 0 saturated carbocycles. The van der Waals surface area contributed by atoms with Crippen LogP contribution in [0.25, 0.3) is 0 Å². The Hall–Kier alpha value is -0.800. The van der Waals surface area contributed by atoms with Crippen molar-refractivity contribution in [2.24, 2.45) is 5.73 Å². The molecule has 3 N–H and O–H groups in total. The molecule has 1 rings (SSSR count). The maximum atomic E-state index is 10.9. The minimum absolute atomic E-state index is 0. The number of nitrogens with two attached hydrogens (primary N) is 1. The third-order valence-corrected chi connectivity index (χ3v) is 1.36. The van der Waals surface area contributed by atoms with Gasteiger partial charge in [0.2, 0.25) is 0 Å². The number of H-pyrrole nitrogens is 1. The highest BCUT2D eigenvalue weighted by Crippen LogP contribution is 1.90. The summed E-state index contributed by atoms with van der Waals surface area (Å²) >= 11 is 0. The monoisotopic (exact) mass is 174 g/mol. The molecule has 62 valence electrons. The van der Waals surface area contributed by atoms with Gasteiger partial charge >= 0.3 is 0 Å². The second-order valence-corrected chi connectivity index (χ2v) is 2.20. The van der Waals surface area contributed by atoms with Gasteiger partial charge in [-0.2, -0.15) is 0 Å². The highest BCUT2D eigenvalue weighted by molar-refractivity contribution is 5.85. The first-order valence-electron chi connectivity index (χ1n) is 3.13. The summed E-state index contributed by atoms with van der Waals surface area (Å²) in [5.41, 5.74) is 6.69. The van der Waals surface area contributed by atoms with Crippen LogP contribution in [0.1, 0.15) is 11.3 Å². The highest BCUT2D eigenvalue weighted by Gasteiger charge is 1.93. The van der Waals surface area contributed by atoms with Crippen LogP contribution < -0.4 is 11.3 Å². The molecule has 0 unspecified atom stereocenters. The van der Waals surface area contributed by atoms with Crippen LogP contribution >= 0.6 is 12.4 Å². The van der Waals surface area contributed by atoms with Gasteiger partial charge in [-0.15, -0.1) is 12.4 Å². The van der Waals surface area contributed by atoms with Crippen molar-refractivity contribution in [1.29, 1.82) is 0 Å². The van der Waals surface area contributed by atoms with Crippen LogP contribution in [0.4, 0.5) is 0 Å². The van der Waals surface area contributed by atoms with Crippen LogP contribution in [0, 0.1) is 6.92 Å². The Balaban J connectivity index is 0.000001000. The molecule has 0 aliphatic heterocycles. The maximum Gasteiger partial charge on any atom is 0.252 e. The van der Waals surface area contributed by atoms with E-state index in [1.54, 1.807) is 6.07 Å². The van der Waals surface area contributed by atoms with Gasteiger partial charge in [-0.3, -0.25) is 4.79 Å². The van der Waals surface area contributed by atoms with Gasteiger partial charge in [-0.25, -0.2) is 0 Å². The van der Waals surface area contributed by atoms with E-state index in [-0.39, 0.29) is 18.0 Å². The molecule has 0 saturated heterocycles. The van der Waals surface area contributed by atoms with E-state index in [1.807, 2.05) is 13.0 Å². The summed E-state index contributed by atoms with van der Waals surface area (Å²) in [7, 11) is 0. The predicted octanol–water partition coefficient (Wildman–Crippen LogP) is 0.564. The van der Waals surface area contributed by atoms with Crippen molar-refractivity contribution in [3.8, 4) is 0 Å². The SMILES string of the molecule is Cc1ccc(CN)c(=O)[nH]1.Cl. The van der Waals surface area contributed by atoms with Crippen molar-refractivity contribution in [3.05, 3.63) is 33.7 Å². The zero-order valence-electron chi connectivity index (χ0n) is 6.26. The van der Waals surface area contributed by atoms with Gasteiger partial charge in [-0.1, -0.05) is 6.07 Å². The van der Waals surface area contributed by atoms with Crippen LogP contribution in [-0.4, -0.2) is 4.98 Å². The normalized spacial score (nSPS) is 8.91. The second-order valence-electron chi connectivity index (χ2n) is 2.20. The van der Waals surface area contributed by atoms with Gasteiger partial charge in [0.15, 0.2) is 0 Å². The number of halogens is 1. The number of hydrogen-bond acceptors (Lipinski definition) is 2. The van der Waals surface area contributed by atoms with Crippen molar-refractivity contribution in [3.63, 3.8) is 0 Å². The maximum absolute atomic E-state index is 10.9. The first kappa shape index (κ1) is 10.2. The van der Waals surface area contributed by atoms with E-state index in [9.17, 15) is 4.79 Å². The average Bonchev–Trinajstić information content (AvgIpc) is 1.88. The number of aromatic amines is 1. The van der Waals surface area contributed by atoms with Crippen LogP contribution in [0.5, 0.6) is 0 Å². The van der Waals surface area contributed by atoms with E-state index in [1.165, 1.54) is 0 Å². The molecule has 0 bridgehead atoms. The van der Waals surface area contributed by atoms with Crippen LogP contribution in [0.3, 0.4) is 0 Å². The van der Waals surface area contributed by atoms with Crippen molar-refractivity contribution < 1.29 is 0 Å². The summed E-state index contributed by atoms with van der Waals surface area (Å²) in [6, 6.07) is 3.58. The molecule has 0 amide bonds. The number of aromatic nitrogens is 1. The number of pyridine rings is 1. The van der Waals surface area contributed by atoms with Crippen molar-refractivity contribution in [1.82, 2.24) is 4.98 Å². The van der Waals surface area contributed by atoms with E-state index in [0.717, 1.165) is 5.69 Å². The zero-order valence-corrected chi connectivity index (χ0v) is 7.07.